The Balaban J connectivity index is 2.32. The normalized spacial score (nSPS) is 10.9. The molecule has 0 aliphatic heterocycles. The van der Waals surface area contributed by atoms with Crippen molar-refractivity contribution >= 4 is 34.1 Å². The smallest absolute Gasteiger partial charge is 0.0768 e. The first-order valence-corrected chi connectivity index (χ1v) is 6.73. The summed E-state index contributed by atoms with van der Waals surface area (Å²) in [4.78, 5) is 4.70. The van der Waals surface area contributed by atoms with E-state index >= 15 is 0 Å². The van der Waals surface area contributed by atoms with Crippen LogP contribution in [0.2, 0.25) is 10.0 Å². The second-order valence-electron chi connectivity index (χ2n) is 4.42. The summed E-state index contributed by atoms with van der Waals surface area (Å²) in [6.45, 7) is 1.96. The van der Waals surface area contributed by atoms with Crippen molar-refractivity contribution in [3.05, 3.63) is 64.1 Å². The highest BCUT2D eigenvalue weighted by atomic mass is 35.5. The van der Waals surface area contributed by atoms with Crippen LogP contribution in [0.25, 0.3) is 22.2 Å². The third-order valence-corrected chi connectivity index (χ3v) is 3.91. The Kier molecular flexibility index (Phi) is 3.17. The molecule has 0 radical (unpaired) electrons. The number of fused-ring (bicyclic) bond motifs is 1. The van der Waals surface area contributed by atoms with E-state index in [2.05, 4.69) is 0 Å². The van der Waals surface area contributed by atoms with Crippen molar-refractivity contribution in [2.24, 2.45) is 0 Å². The summed E-state index contributed by atoms with van der Waals surface area (Å²) in [7, 11) is 0. The fourth-order valence-corrected chi connectivity index (χ4v) is 2.53. The van der Waals surface area contributed by atoms with E-state index in [1.807, 2.05) is 55.5 Å². The van der Waals surface area contributed by atoms with Crippen LogP contribution in [0.3, 0.4) is 0 Å². The lowest BCUT2D eigenvalue weighted by Gasteiger charge is -2.08. The SMILES string of the molecule is Cc1c(Cl)ccc2c(Cl)cc(-c3ccccc3)nc12. The van der Waals surface area contributed by atoms with Crippen LogP contribution in [0.15, 0.2) is 48.5 Å². The largest absolute Gasteiger partial charge is 0.247 e. The van der Waals surface area contributed by atoms with Crippen molar-refractivity contribution < 1.29 is 0 Å². The van der Waals surface area contributed by atoms with E-state index in [9.17, 15) is 0 Å². The Morgan fingerprint density at radius 2 is 1.63 bits per heavy atom. The Morgan fingerprint density at radius 1 is 0.895 bits per heavy atom. The van der Waals surface area contributed by atoms with Crippen molar-refractivity contribution in [3.63, 3.8) is 0 Å². The third kappa shape index (κ3) is 2.20. The van der Waals surface area contributed by atoms with E-state index in [1.165, 1.54) is 0 Å². The number of aromatic nitrogens is 1. The molecule has 0 saturated heterocycles. The van der Waals surface area contributed by atoms with Crippen molar-refractivity contribution in [1.82, 2.24) is 4.98 Å². The molecule has 0 unspecified atom stereocenters. The van der Waals surface area contributed by atoms with Crippen LogP contribution in [0.5, 0.6) is 0 Å². The number of benzene rings is 2. The van der Waals surface area contributed by atoms with Gasteiger partial charge in [0.1, 0.15) is 0 Å². The molecule has 3 heteroatoms. The molecule has 0 amide bonds. The van der Waals surface area contributed by atoms with E-state index in [1.54, 1.807) is 0 Å². The molecule has 0 aliphatic carbocycles. The number of hydrogen-bond acceptors (Lipinski definition) is 1. The van der Waals surface area contributed by atoms with E-state index in [4.69, 9.17) is 28.2 Å². The van der Waals surface area contributed by atoms with E-state index in [0.717, 1.165) is 27.7 Å². The monoisotopic (exact) mass is 287 g/mol. The quantitative estimate of drug-likeness (QED) is 0.574. The minimum atomic E-state index is 0.698. The summed E-state index contributed by atoms with van der Waals surface area (Å²) in [6, 6.07) is 15.7. The van der Waals surface area contributed by atoms with Gasteiger partial charge in [0.2, 0.25) is 0 Å². The van der Waals surface area contributed by atoms with Gasteiger partial charge in [-0.15, -0.1) is 0 Å². The summed E-state index contributed by atoms with van der Waals surface area (Å²) < 4.78 is 0. The minimum Gasteiger partial charge on any atom is -0.247 e. The molecule has 3 aromatic rings. The fraction of sp³-hybridized carbons (Fsp3) is 0.0625. The van der Waals surface area contributed by atoms with Crippen LogP contribution in [0.1, 0.15) is 5.56 Å². The van der Waals surface area contributed by atoms with Gasteiger partial charge >= 0.3 is 0 Å². The van der Waals surface area contributed by atoms with E-state index in [-0.39, 0.29) is 0 Å². The number of aryl methyl sites for hydroxylation is 1. The van der Waals surface area contributed by atoms with Gasteiger partial charge < -0.3 is 0 Å². The van der Waals surface area contributed by atoms with Crippen molar-refractivity contribution in [2.75, 3.05) is 0 Å². The molecule has 0 bridgehead atoms. The summed E-state index contributed by atoms with van der Waals surface area (Å²) in [6.07, 6.45) is 0. The number of nitrogens with zero attached hydrogens (tertiary/aromatic N) is 1. The van der Waals surface area contributed by atoms with E-state index in [0.29, 0.717) is 10.0 Å². The van der Waals surface area contributed by atoms with Crippen LogP contribution in [-0.2, 0) is 0 Å². The Morgan fingerprint density at radius 3 is 2.37 bits per heavy atom. The molecule has 1 nitrogen and oxygen atoms in total. The first-order valence-electron chi connectivity index (χ1n) is 5.97. The summed E-state index contributed by atoms with van der Waals surface area (Å²) >= 11 is 12.5. The van der Waals surface area contributed by atoms with Gasteiger partial charge in [-0.25, -0.2) is 4.98 Å². The lowest BCUT2D eigenvalue weighted by molar-refractivity contribution is 1.36. The standard InChI is InChI=1S/C16H11Cl2N/c1-10-13(17)8-7-12-14(18)9-15(19-16(10)12)11-5-3-2-4-6-11/h2-9H,1H3. The molecule has 0 spiro atoms. The topological polar surface area (TPSA) is 12.9 Å². The molecule has 0 saturated carbocycles. The van der Waals surface area contributed by atoms with Gasteiger partial charge in [-0.2, -0.15) is 0 Å². The molecule has 0 aliphatic rings. The number of halogens is 2. The molecular weight excluding hydrogens is 277 g/mol. The maximum absolute atomic E-state index is 6.35. The fourth-order valence-electron chi connectivity index (χ4n) is 2.12. The van der Waals surface area contributed by atoms with Crippen molar-refractivity contribution in [2.45, 2.75) is 6.92 Å². The van der Waals surface area contributed by atoms with Gasteiger partial charge in [-0.05, 0) is 30.7 Å². The summed E-state index contributed by atoms with van der Waals surface area (Å²) in [5.41, 5.74) is 3.73. The third-order valence-electron chi connectivity index (χ3n) is 3.19. The minimum absolute atomic E-state index is 0.698. The van der Waals surface area contributed by atoms with Crippen LogP contribution >= 0.6 is 23.2 Å². The average Bonchev–Trinajstić information content (AvgIpc) is 2.44. The number of rotatable bonds is 1. The van der Waals surface area contributed by atoms with Crippen LogP contribution < -0.4 is 0 Å². The number of pyridine rings is 1. The van der Waals surface area contributed by atoms with Gasteiger partial charge in [0, 0.05) is 16.0 Å². The maximum Gasteiger partial charge on any atom is 0.0768 e. The Hall–Kier alpha value is -1.57. The maximum atomic E-state index is 6.35. The van der Waals surface area contributed by atoms with Gasteiger partial charge in [-0.3, -0.25) is 0 Å². The molecule has 1 heterocycles. The average molecular weight is 288 g/mol. The predicted octanol–water partition coefficient (Wildman–Crippen LogP) is 5.52. The van der Waals surface area contributed by atoms with Crippen LogP contribution in [-0.4, -0.2) is 4.98 Å². The highest BCUT2D eigenvalue weighted by molar-refractivity contribution is 6.36. The van der Waals surface area contributed by atoms with Gasteiger partial charge in [0.15, 0.2) is 0 Å². The van der Waals surface area contributed by atoms with Crippen molar-refractivity contribution in [3.8, 4) is 11.3 Å². The molecule has 3 rings (SSSR count). The Bertz CT molecular complexity index is 752. The summed E-state index contributed by atoms with van der Waals surface area (Å²) in [5.74, 6) is 0. The molecule has 2 aromatic carbocycles. The lowest BCUT2D eigenvalue weighted by atomic mass is 10.1. The molecule has 1 aromatic heterocycles. The summed E-state index contributed by atoms with van der Waals surface area (Å²) in [5, 5.41) is 2.34. The zero-order valence-electron chi connectivity index (χ0n) is 10.3. The zero-order chi connectivity index (χ0) is 13.4. The number of hydrogen-bond donors (Lipinski definition) is 0. The Labute approximate surface area is 121 Å². The van der Waals surface area contributed by atoms with Crippen LogP contribution in [0.4, 0.5) is 0 Å². The second-order valence-corrected chi connectivity index (χ2v) is 5.24. The molecular formula is C16H11Cl2N. The molecule has 19 heavy (non-hydrogen) atoms. The first-order chi connectivity index (χ1) is 9.16. The zero-order valence-corrected chi connectivity index (χ0v) is 11.8. The lowest BCUT2D eigenvalue weighted by Crippen LogP contribution is -1.90. The predicted molar refractivity (Wildman–Crippen MR) is 81.9 cm³/mol. The van der Waals surface area contributed by atoms with Gasteiger partial charge in [0.05, 0.1) is 16.2 Å². The molecule has 0 fully saturated rings. The molecule has 0 N–H and O–H groups in total. The first kappa shape index (κ1) is 12.5. The van der Waals surface area contributed by atoms with E-state index < -0.39 is 0 Å². The second kappa shape index (κ2) is 4.84. The molecule has 0 atom stereocenters. The van der Waals surface area contributed by atoms with Crippen LogP contribution in [0, 0.1) is 6.92 Å². The van der Waals surface area contributed by atoms with Gasteiger partial charge in [-0.1, -0.05) is 53.5 Å². The van der Waals surface area contributed by atoms with Gasteiger partial charge in [0.25, 0.3) is 0 Å². The highest BCUT2D eigenvalue weighted by Gasteiger charge is 2.09. The molecule has 94 valence electrons. The van der Waals surface area contributed by atoms with Crippen molar-refractivity contribution in [1.29, 1.82) is 0 Å². The highest BCUT2D eigenvalue weighted by Crippen LogP contribution is 2.32.